The molecule has 13 heavy (non-hydrogen) atoms. The minimum absolute atomic E-state index is 0.196. The van der Waals surface area contributed by atoms with Crippen molar-refractivity contribution in [1.82, 2.24) is 4.98 Å². The SMILES string of the molecule is Cc1nc(CC(=O)C(C)(C)O)cs1. The number of ketones is 1. The Morgan fingerprint density at radius 3 is 2.69 bits per heavy atom. The van der Waals surface area contributed by atoms with Crippen LogP contribution in [0.4, 0.5) is 0 Å². The van der Waals surface area contributed by atoms with Gasteiger partial charge in [-0.1, -0.05) is 0 Å². The van der Waals surface area contributed by atoms with Crippen LogP contribution in [0.15, 0.2) is 5.38 Å². The molecule has 0 radical (unpaired) electrons. The molecule has 0 unspecified atom stereocenters. The summed E-state index contributed by atoms with van der Waals surface area (Å²) in [5, 5.41) is 12.2. The second kappa shape index (κ2) is 3.55. The summed E-state index contributed by atoms with van der Waals surface area (Å²) in [4.78, 5) is 15.5. The van der Waals surface area contributed by atoms with Crippen molar-refractivity contribution in [3.63, 3.8) is 0 Å². The smallest absolute Gasteiger partial charge is 0.169 e. The Morgan fingerprint density at radius 2 is 2.31 bits per heavy atom. The maximum Gasteiger partial charge on any atom is 0.169 e. The molecule has 1 rings (SSSR count). The van der Waals surface area contributed by atoms with Crippen LogP contribution in [0.1, 0.15) is 24.5 Å². The van der Waals surface area contributed by atoms with Crippen LogP contribution in [0.25, 0.3) is 0 Å². The van der Waals surface area contributed by atoms with Gasteiger partial charge in [-0.3, -0.25) is 4.79 Å². The van der Waals surface area contributed by atoms with Crippen LogP contribution in [0.2, 0.25) is 0 Å². The van der Waals surface area contributed by atoms with Crippen molar-refractivity contribution in [2.75, 3.05) is 0 Å². The van der Waals surface area contributed by atoms with E-state index in [2.05, 4.69) is 4.98 Å². The molecule has 0 spiro atoms. The zero-order chi connectivity index (χ0) is 10.1. The normalized spacial score (nSPS) is 11.7. The van der Waals surface area contributed by atoms with Gasteiger partial charge in [-0.05, 0) is 20.8 Å². The molecule has 1 N–H and O–H groups in total. The van der Waals surface area contributed by atoms with E-state index in [0.717, 1.165) is 10.7 Å². The van der Waals surface area contributed by atoms with E-state index in [4.69, 9.17) is 0 Å². The molecular weight excluding hydrogens is 186 g/mol. The minimum Gasteiger partial charge on any atom is -0.383 e. The second-order valence-corrected chi connectivity index (χ2v) is 4.58. The third-order valence-corrected chi connectivity index (χ3v) is 2.51. The number of aliphatic hydroxyl groups is 1. The molecule has 0 saturated carbocycles. The van der Waals surface area contributed by atoms with Gasteiger partial charge in [0.05, 0.1) is 17.1 Å². The standard InChI is InChI=1S/C9H13NO2S/c1-6-10-7(5-13-6)4-8(11)9(2,3)12/h5,12H,4H2,1-3H3. The molecule has 1 heterocycles. The third-order valence-electron chi connectivity index (χ3n) is 1.69. The number of thiazole rings is 1. The number of aryl methyl sites for hydroxylation is 1. The third kappa shape index (κ3) is 2.90. The molecule has 0 aromatic carbocycles. The van der Waals surface area contributed by atoms with Crippen LogP contribution in [0, 0.1) is 6.92 Å². The van der Waals surface area contributed by atoms with E-state index >= 15 is 0 Å². The first-order valence-corrected chi connectivity index (χ1v) is 4.94. The van der Waals surface area contributed by atoms with Crippen molar-refractivity contribution in [2.45, 2.75) is 32.8 Å². The zero-order valence-electron chi connectivity index (χ0n) is 8.00. The first kappa shape index (κ1) is 10.3. The predicted molar refractivity (Wildman–Crippen MR) is 51.9 cm³/mol. The minimum atomic E-state index is -1.25. The van der Waals surface area contributed by atoms with Gasteiger partial charge in [0.25, 0.3) is 0 Å². The monoisotopic (exact) mass is 199 g/mol. The predicted octanol–water partition coefficient (Wildman–Crippen LogP) is 1.33. The molecular formula is C9H13NO2S. The summed E-state index contributed by atoms with van der Waals surface area (Å²) in [6.07, 6.45) is 0.216. The van der Waals surface area contributed by atoms with E-state index in [1.54, 1.807) is 0 Å². The van der Waals surface area contributed by atoms with E-state index in [9.17, 15) is 9.90 Å². The van der Waals surface area contributed by atoms with Crippen molar-refractivity contribution in [1.29, 1.82) is 0 Å². The van der Waals surface area contributed by atoms with Crippen molar-refractivity contribution in [2.24, 2.45) is 0 Å². The first-order valence-electron chi connectivity index (χ1n) is 4.06. The molecule has 1 aromatic heterocycles. The van der Waals surface area contributed by atoms with Gasteiger partial charge in [0.15, 0.2) is 5.78 Å². The highest BCUT2D eigenvalue weighted by atomic mass is 32.1. The van der Waals surface area contributed by atoms with Gasteiger partial charge in [-0.15, -0.1) is 11.3 Å². The van der Waals surface area contributed by atoms with Gasteiger partial charge in [0, 0.05) is 5.38 Å². The maximum absolute atomic E-state index is 11.4. The van der Waals surface area contributed by atoms with Gasteiger partial charge in [0.2, 0.25) is 0 Å². The zero-order valence-corrected chi connectivity index (χ0v) is 8.81. The lowest BCUT2D eigenvalue weighted by atomic mass is 10.0. The summed E-state index contributed by atoms with van der Waals surface area (Å²) in [5.41, 5.74) is -0.507. The van der Waals surface area contributed by atoms with Gasteiger partial charge in [-0.2, -0.15) is 0 Å². The average Bonchev–Trinajstić information content (AvgIpc) is 2.33. The van der Waals surface area contributed by atoms with Crippen LogP contribution in [0.5, 0.6) is 0 Å². The summed E-state index contributed by atoms with van der Waals surface area (Å²) in [7, 11) is 0. The quantitative estimate of drug-likeness (QED) is 0.799. The molecule has 0 aliphatic rings. The highest BCUT2D eigenvalue weighted by Gasteiger charge is 2.24. The summed E-state index contributed by atoms with van der Waals surface area (Å²) >= 11 is 1.51. The molecule has 4 heteroatoms. The van der Waals surface area contributed by atoms with Crippen LogP contribution in [-0.4, -0.2) is 21.5 Å². The van der Waals surface area contributed by atoms with Gasteiger partial charge in [0.1, 0.15) is 5.60 Å². The summed E-state index contributed by atoms with van der Waals surface area (Å²) in [6.45, 7) is 4.88. The molecule has 1 aromatic rings. The summed E-state index contributed by atoms with van der Waals surface area (Å²) in [5.74, 6) is -0.196. The van der Waals surface area contributed by atoms with E-state index in [1.165, 1.54) is 25.2 Å². The molecule has 0 aliphatic heterocycles. The largest absolute Gasteiger partial charge is 0.383 e. The highest BCUT2D eigenvalue weighted by Crippen LogP contribution is 2.12. The van der Waals surface area contributed by atoms with Crippen molar-refractivity contribution in [3.8, 4) is 0 Å². The van der Waals surface area contributed by atoms with Crippen LogP contribution in [-0.2, 0) is 11.2 Å². The fourth-order valence-electron chi connectivity index (χ4n) is 0.870. The Hall–Kier alpha value is -0.740. The second-order valence-electron chi connectivity index (χ2n) is 3.52. The number of nitrogens with zero attached hydrogens (tertiary/aromatic N) is 1. The Bertz CT molecular complexity index is 312. The Balaban J connectivity index is 2.65. The summed E-state index contributed by atoms with van der Waals surface area (Å²) in [6, 6.07) is 0. The van der Waals surface area contributed by atoms with Gasteiger partial charge >= 0.3 is 0 Å². The number of rotatable bonds is 3. The molecule has 0 fully saturated rings. The lowest BCUT2D eigenvalue weighted by Gasteiger charge is -2.13. The molecule has 0 atom stereocenters. The molecule has 0 bridgehead atoms. The van der Waals surface area contributed by atoms with Crippen LogP contribution < -0.4 is 0 Å². The van der Waals surface area contributed by atoms with Crippen molar-refractivity contribution in [3.05, 3.63) is 16.1 Å². The molecule has 0 aliphatic carbocycles. The first-order chi connectivity index (χ1) is 5.89. The molecule has 0 amide bonds. The average molecular weight is 199 g/mol. The van der Waals surface area contributed by atoms with E-state index in [0.29, 0.717) is 0 Å². The number of Topliss-reactive ketones (excluding diaryl/α,β-unsaturated/α-hetero) is 1. The number of hydrogen-bond donors (Lipinski definition) is 1. The van der Waals surface area contributed by atoms with Crippen molar-refractivity contribution < 1.29 is 9.90 Å². The van der Waals surface area contributed by atoms with E-state index < -0.39 is 5.60 Å². The fraction of sp³-hybridized carbons (Fsp3) is 0.556. The Kier molecular flexibility index (Phi) is 2.83. The lowest BCUT2D eigenvalue weighted by Crippen LogP contribution is -2.32. The van der Waals surface area contributed by atoms with Crippen molar-refractivity contribution >= 4 is 17.1 Å². The summed E-state index contributed by atoms with van der Waals surface area (Å²) < 4.78 is 0. The fourth-order valence-corrected chi connectivity index (χ4v) is 1.48. The number of hydrogen-bond acceptors (Lipinski definition) is 4. The van der Waals surface area contributed by atoms with Gasteiger partial charge in [-0.25, -0.2) is 4.98 Å². The number of carbonyl (C=O) groups is 1. The molecule has 3 nitrogen and oxygen atoms in total. The molecule has 72 valence electrons. The number of carbonyl (C=O) groups excluding carboxylic acids is 1. The number of aromatic nitrogens is 1. The lowest BCUT2D eigenvalue weighted by molar-refractivity contribution is -0.133. The van der Waals surface area contributed by atoms with Crippen LogP contribution >= 0.6 is 11.3 Å². The highest BCUT2D eigenvalue weighted by molar-refractivity contribution is 7.09. The Labute approximate surface area is 81.4 Å². The molecule has 0 saturated heterocycles. The van der Waals surface area contributed by atoms with E-state index in [1.807, 2.05) is 12.3 Å². The maximum atomic E-state index is 11.4. The van der Waals surface area contributed by atoms with Crippen LogP contribution in [0.3, 0.4) is 0 Å². The van der Waals surface area contributed by atoms with Gasteiger partial charge < -0.3 is 5.11 Å². The van der Waals surface area contributed by atoms with E-state index in [-0.39, 0.29) is 12.2 Å². The Morgan fingerprint density at radius 1 is 1.69 bits per heavy atom. The topological polar surface area (TPSA) is 50.2 Å².